The summed E-state index contributed by atoms with van der Waals surface area (Å²) in [6, 6.07) is 7.21. The third-order valence-electron chi connectivity index (χ3n) is 3.35. The first-order valence-electron chi connectivity index (χ1n) is 6.99. The summed E-state index contributed by atoms with van der Waals surface area (Å²) in [5.74, 6) is -0.0343. The van der Waals surface area contributed by atoms with E-state index in [0.717, 1.165) is 17.5 Å². The Morgan fingerprint density at radius 1 is 1.33 bits per heavy atom. The number of Topliss-reactive ketones (excluding diaryl/α,β-unsaturated/α-hetero) is 1. The van der Waals surface area contributed by atoms with Gasteiger partial charge in [0.25, 0.3) is 0 Å². The number of fused-ring (bicyclic) bond motifs is 1. The SMILES string of the molecule is CC(C)(C)OC(=O)N1CCc2ccccc2C1C(=O)CBr. The second-order valence-electron chi connectivity index (χ2n) is 6.13. The van der Waals surface area contributed by atoms with Crippen LogP contribution in [0.25, 0.3) is 0 Å². The number of halogens is 1. The zero-order valence-electron chi connectivity index (χ0n) is 12.6. The number of nitrogens with zero attached hydrogens (tertiary/aromatic N) is 1. The van der Waals surface area contributed by atoms with Gasteiger partial charge in [-0.25, -0.2) is 4.79 Å². The fourth-order valence-electron chi connectivity index (χ4n) is 2.50. The molecule has 1 heterocycles. The molecule has 1 atom stereocenters. The van der Waals surface area contributed by atoms with E-state index >= 15 is 0 Å². The van der Waals surface area contributed by atoms with Crippen LogP contribution in [0.5, 0.6) is 0 Å². The summed E-state index contributed by atoms with van der Waals surface area (Å²) in [5, 5.41) is 0.214. The minimum Gasteiger partial charge on any atom is -0.444 e. The van der Waals surface area contributed by atoms with Gasteiger partial charge in [0.15, 0.2) is 5.78 Å². The highest BCUT2D eigenvalue weighted by Crippen LogP contribution is 2.32. The Morgan fingerprint density at radius 2 is 2.00 bits per heavy atom. The van der Waals surface area contributed by atoms with Crippen molar-refractivity contribution in [2.75, 3.05) is 11.9 Å². The number of carbonyl (C=O) groups excluding carboxylic acids is 2. The van der Waals surface area contributed by atoms with E-state index in [4.69, 9.17) is 4.74 Å². The second kappa shape index (κ2) is 6.18. The maximum absolute atomic E-state index is 12.4. The van der Waals surface area contributed by atoms with E-state index in [1.807, 2.05) is 45.0 Å². The quantitative estimate of drug-likeness (QED) is 0.764. The summed E-state index contributed by atoms with van der Waals surface area (Å²) < 4.78 is 5.44. The van der Waals surface area contributed by atoms with Gasteiger partial charge in [-0.3, -0.25) is 9.69 Å². The average molecular weight is 354 g/mol. The molecule has 1 aliphatic rings. The van der Waals surface area contributed by atoms with E-state index in [1.54, 1.807) is 0 Å². The lowest BCUT2D eigenvalue weighted by atomic mass is 9.91. The van der Waals surface area contributed by atoms with E-state index in [9.17, 15) is 9.59 Å². The van der Waals surface area contributed by atoms with Gasteiger partial charge in [-0.05, 0) is 38.3 Å². The number of ether oxygens (including phenoxy) is 1. The van der Waals surface area contributed by atoms with Crippen LogP contribution in [-0.2, 0) is 16.0 Å². The molecule has 0 aromatic heterocycles. The molecule has 5 heteroatoms. The smallest absolute Gasteiger partial charge is 0.411 e. The molecule has 0 N–H and O–H groups in total. The predicted octanol–water partition coefficient (Wildman–Crippen LogP) is 3.48. The van der Waals surface area contributed by atoms with E-state index in [-0.39, 0.29) is 11.1 Å². The molecule has 1 aliphatic heterocycles. The van der Waals surface area contributed by atoms with Gasteiger partial charge < -0.3 is 4.74 Å². The minimum atomic E-state index is -0.573. The molecular formula is C16H20BrNO3. The van der Waals surface area contributed by atoms with Crippen molar-refractivity contribution in [1.29, 1.82) is 0 Å². The van der Waals surface area contributed by atoms with Gasteiger partial charge in [0.2, 0.25) is 0 Å². The topological polar surface area (TPSA) is 46.6 Å². The van der Waals surface area contributed by atoms with Crippen molar-refractivity contribution < 1.29 is 14.3 Å². The molecule has 0 bridgehead atoms. The van der Waals surface area contributed by atoms with Gasteiger partial charge in [-0.2, -0.15) is 0 Å². The molecule has 0 spiro atoms. The zero-order valence-corrected chi connectivity index (χ0v) is 14.1. The summed E-state index contributed by atoms with van der Waals surface area (Å²) in [7, 11) is 0. The van der Waals surface area contributed by atoms with Crippen LogP contribution in [0.2, 0.25) is 0 Å². The zero-order chi connectivity index (χ0) is 15.6. The Kier molecular flexibility index (Phi) is 4.71. The maximum atomic E-state index is 12.4. The molecule has 0 fully saturated rings. The van der Waals surface area contributed by atoms with Crippen molar-refractivity contribution in [3.8, 4) is 0 Å². The van der Waals surface area contributed by atoms with Crippen LogP contribution in [-0.4, -0.2) is 34.3 Å². The van der Waals surface area contributed by atoms with Gasteiger partial charge >= 0.3 is 6.09 Å². The van der Waals surface area contributed by atoms with Crippen molar-refractivity contribution in [3.05, 3.63) is 35.4 Å². The second-order valence-corrected chi connectivity index (χ2v) is 6.69. The summed E-state index contributed by atoms with van der Waals surface area (Å²) in [6.07, 6.45) is 0.304. The average Bonchev–Trinajstić information content (AvgIpc) is 2.43. The van der Waals surface area contributed by atoms with Crippen LogP contribution in [0.3, 0.4) is 0 Å². The molecule has 2 rings (SSSR count). The standard InChI is InChI=1S/C16H20BrNO3/c1-16(2,3)21-15(20)18-9-8-11-6-4-5-7-12(11)14(18)13(19)10-17/h4-7,14H,8-10H2,1-3H3. The van der Waals surface area contributed by atoms with E-state index in [2.05, 4.69) is 15.9 Å². The van der Waals surface area contributed by atoms with Gasteiger partial charge in [0.1, 0.15) is 11.6 Å². The van der Waals surface area contributed by atoms with Crippen molar-refractivity contribution in [3.63, 3.8) is 0 Å². The van der Waals surface area contributed by atoms with Crippen LogP contribution in [0.4, 0.5) is 4.79 Å². The first kappa shape index (κ1) is 16.0. The molecule has 21 heavy (non-hydrogen) atoms. The molecule has 114 valence electrons. The summed E-state index contributed by atoms with van der Waals surface area (Å²) in [5.41, 5.74) is 1.45. The van der Waals surface area contributed by atoms with Crippen LogP contribution >= 0.6 is 15.9 Å². The van der Waals surface area contributed by atoms with Gasteiger partial charge in [0.05, 0.1) is 5.33 Å². The number of alkyl halides is 1. The minimum absolute atomic E-state index is 0.0343. The molecular weight excluding hydrogens is 334 g/mol. The van der Waals surface area contributed by atoms with Gasteiger partial charge in [0, 0.05) is 6.54 Å². The maximum Gasteiger partial charge on any atom is 0.411 e. The van der Waals surface area contributed by atoms with Gasteiger partial charge in [-0.1, -0.05) is 40.2 Å². The Balaban J connectivity index is 2.34. The summed E-state index contributed by atoms with van der Waals surface area (Å²) in [6.45, 7) is 5.97. The molecule has 1 amide bonds. The Hall–Kier alpha value is -1.36. The highest BCUT2D eigenvalue weighted by molar-refractivity contribution is 9.09. The van der Waals surface area contributed by atoms with Crippen LogP contribution in [0.15, 0.2) is 24.3 Å². The normalized spacial score (nSPS) is 18.1. The third kappa shape index (κ3) is 3.64. The molecule has 0 saturated heterocycles. The predicted molar refractivity (Wildman–Crippen MR) is 84.6 cm³/mol. The molecule has 0 radical (unpaired) electrons. The van der Waals surface area contributed by atoms with Crippen LogP contribution in [0.1, 0.15) is 37.9 Å². The number of benzene rings is 1. The Labute approximate surface area is 133 Å². The number of rotatable bonds is 2. The third-order valence-corrected chi connectivity index (χ3v) is 3.90. The van der Waals surface area contributed by atoms with Crippen LogP contribution in [0, 0.1) is 0 Å². The molecule has 0 aliphatic carbocycles. The van der Waals surface area contributed by atoms with E-state index < -0.39 is 17.7 Å². The lowest BCUT2D eigenvalue weighted by Crippen LogP contribution is -2.46. The highest BCUT2D eigenvalue weighted by atomic mass is 79.9. The molecule has 1 aromatic rings. The van der Waals surface area contributed by atoms with Crippen LogP contribution < -0.4 is 0 Å². The highest BCUT2D eigenvalue weighted by Gasteiger charge is 2.37. The number of carbonyl (C=O) groups is 2. The lowest BCUT2D eigenvalue weighted by molar-refractivity contribution is -0.122. The van der Waals surface area contributed by atoms with Gasteiger partial charge in [-0.15, -0.1) is 0 Å². The van der Waals surface area contributed by atoms with E-state index in [0.29, 0.717) is 6.54 Å². The molecule has 4 nitrogen and oxygen atoms in total. The number of ketones is 1. The molecule has 0 saturated carbocycles. The number of amides is 1. The first-order chi connectivity index (χ1) is 9.83. The molecule has 1 unspecified atom stereocenters. The fraction of sp³-hybridized carbons (Fsp3) is 0.500. The number of hydrogen-bond donors (Lipinski definition) is 0. The van der Waals surface area contributed by atoms with Crippen molar-refractivity contribution in [2.45, 2.75) is 38.8 Å². The largest absolute Gasteiger partial charge is 0.444 e. The number of hydrogen-bond acceptors (Lipinski definition) is 3. The molecule has 1 aromatic carbocycles. The van der Waals surface area contributed by atoms with Crippen molar-refractivity contribution in [2.24, 2.45) is 0 Å². The van der Waals surface area contributed by atoms with Crippen molar-refractivity contribution >= 4 is 27.8 Å². The monoisotopic (exact) mass is 353 g/mol. The van der Waals surface area contributed by atoms with E-state index in [1.165, 1.54) is 4.90 Å². The summed E-state index contributed by atoms with van der Waals surface area (Å²) in [4.78, 5) is 26.2. The first-order valence-corrected chi connectivity index (χ1v) is 8.12. The fourth-order valence-corrected chi connectivity index (χ4v) is 2.81. The summed E-state index contributed by atoms with van der Waals surface area (Å²) >= 11 is 3.21. The van der Waals surface area contributed by atoms with Crippen molar-refractivity contribution in [1.82, 2.24) is 4.90 Å². The Morgan fingerprint density at radius 3 is 2.62 bits per heavy atom. The lowest BCUT2D eigenvalue weighted by Gasteiger charge is -2.37. The Bertz CT molecular complexity index is 551.